The van der Waals surface area contributed by atoms with Crippen molar-refractivity contribution in [2.75, 3.05) is 32.7 Å². The van der Waals surface area contributed by atoms with E-state index in [9.17, 15) is 5.11 Å². The fraction of sp³-hybridized carbons (Fsp3) is 0.538. The lowest BCUT2D eigenvalue weighted by atomic mass is 10.2. The van der Waals surface area contributed by atoms with Crippen LogP contribution in [0.25, 0.3) is 0 Å². The normalized spacial score (nSPS) is 12.6. The average Bonchev–Trinajstić information content (AvgIpc) is 2.34. The van der Waals surface area contributed by atoms with Gasteiger partial charge in [0.05, 0.1) is 25.9 Å². The van der Waals surface area contributed by atoms with Gasteiger partial charge in [-0.3, -0.25) is 0 Å². The van der Waals surface area contributed by atoms with E-state index < -0.39 is 6.10 Å². The first-order valence-corrected chi connectivity index (χ1v) is 6.65. The monoisotopic (exact) mass is 256 g/mol. The first-order chi connectivity index (χ1) is 8.24. The van der Waals surface area contributed by atoms with Crippen LogP contribution >= 0.6 is 11.8 Å². The highest BCUT2D eigenvalue weighted by atomic mass is 32.2. The molecule has 0 fully saturated rings. The number of rotatable bonds is 8. The van der Waals surface area contributed by atoms with Crippen LogP contribution in [-0.4, -0.2) is 43.9 Å². The molecule has 0 aliphatic heterocycles. The fourth-order valence-electron chi connectivity index (χ4n) is 1.31. The predicted octanol–water partition coefficient (Wildman–Crippen LogP) is 2.11. The minimum atomic E-state index is -0.434. The molecule has 4 heteroatoms. The van der Waals surface area contributed by atoms with Gasteiger partial charge in [0.1, 0.15) is 0 Å². The Morgan fingerprint density at radius 1 is 1.29 bits per heavy atom. The zero-order valence-corrected chi connectivity index (χ0v) is 11.2. The molecule has 1 unspecified atom stereocenters. The van der Waals surface area contributed by atoms with Crippen LogP contribution in [0.2, 0.25) is 0 Å². The van der Waals surface area contributed by atoms with Gasteiger partial charge < -0.3 is 14.6 Å². The molecule has 0 spiro atoms. The second kappa shape index (κ2) is 8.53. The van der Waals surface area contributed by atoms with Gasteiger partial charge in [-0.1, -0.05) is 18.2 Å². The number of ether oxygens (including phenoxy) is 2. The highest BCUT2D eigenvalue weighted by Gasteiger charge is 2.06. The smallest absolute Gasteiger partial charge is 0.0867 e. The van der Waals surface area contributed by atoms with Crippen LogP contribution in [0.5, 0.6) is 0 Å². The van der Waals surface area contributed by atoms with Gasteiger partial charge in [-0.05, 0) is 18.6 Å². The molecule has 0 bridgehead atoms. The van der Waals surface area contributed by atoms with Gasteiger partial charge in [0.25, 0.3) is 0 Å². The van der Waals surface area contributed by atoms with Gasteiger partial charge in [0, 0.05) is 17.8 Å². The molecule has 96 valence electrons. The summed E-state index contributed by atoms with van der Waals surface area (Å²) in [5.74, 6) is 0.651. The Labute approximate surface area is 107 Å². The molecule has 3 nitrogen and oxygen atoms in total. The third-order valence-corrected chi connectivity index (χ3v) is 3.59. The van der Waals surface area contributed by atoms with Crippen molar-refractivity contribution in [3.63, 3.8) is 0 Å². The number of aryl methyl sites for hydroxylation is 1. The molecule has 1 N–H and O–H groups in total. The standard InChI is InChI=1S/C13H20O3S/c1-11-5-3-4-6-13(11)17-10-12(14)9-16-8-7-15-2/h3-6,12,14H,7-10H2,1-2H3. The van der Waals surface area contributed by atoms with Crippen molar-refractivity contribution in [1.82, 2.24) is 0 Å². The summed E-state index contributed by atoms with van der Waals surface area (Å²) in [5, 5.41) is 9.71. The van der Waals surface area contributed by atoms with Gasteiger partial charge in [-0.15, -0.1) is 11.8 Å². The number of hydrogen-bond donors (Lipinski definition) is 1. The van der Waals surface area contributed by atoms with E-state index in [1.165, 1.54) is 10.5 Å². The van der Waals surface area contributed by atoms with Crippen molar-refractivity contribution in [2.24, 2.45) is 0 Å². The Kier molecular flexibility index (Phi) is 7.28. The summed E-state index contributed by atoms with van der Waals surface area (Å²) in [6, 6.07) is 8.17. The highest BCUT2D eigenvalue weighted by molar-refractivity contribution is 7.99. The van der Waals surface area contributed by atoms with Crippen LogP contribution in [0.3, 0.4) is 0 Å². The van der Waals surface area contributed by atoms with E-state index >= 15 is 0 Å². The molecule has 17 heavy (non-hydrogen) atoms. The Bertz CT molecular complexity index is 317. The van der Waals surface area contributed by atoms with E-state index in [1.807, 2.05) is 12.1 Å². The zero-order chi connectivity index (χ0) is 12.5. The molecule has 0 aliphatic rings. The molecular weight excluding hydrogens is 236 g/mol. The topological polar surface area (TPSA) is 38.7 Å². The molecule has 0 heterocycles. The molecule has 0 aromatic heterocycles. The van der Waals surface area contributed by atoms with Crippen molar-refractivity contribution >= 4 is 11.8 Å². The minimum absolute atomic E-state index is 0.363. The number of aliphatic hydroxyl groups is 1. The van der Waals surface area contributed by atoms with Crippen molar-refractivity contribution < 1.29 is 14.6 Å². The van der Waals surface area contributed by atoms with Crippen LogP contribution < -0.4 is 0 Å². The van der Waals surface area contributed by atoms with Gasteiger partial charge in [-0.25, -0.2) is 0 Å². The largest absolute Gasteiger partial charge is 0.390 e. The van der Waals surface area contributed by atoms with Crippen LogP contribution in [0, 0.1) is 6.92 Å². The van der Waals surface area contributed by atoms with Crippen molar-refractivity contribution in [3.05, 3.63) is 29.8 Å². The molecule has 1 aromatic carbocycles. The van der Waals surface area contributed by atoms with E-state index in [2.05, 4.69) is 19.1 Å². The van der Waals surface area contributed by atoms with E-state index in [1.54, 1.807) is 18.9 Å². The summed E-state index contributed by atoms with van der Waals surface area (Å²) in [5.41, 5.74) is 1.24. The quantitative estimate of drug-likeness (QED) is 0.571. The number of benzene rings is 1. The first kappa shape index (κ1) is 14.5. The Morgan fingerprint density at radius 3 is 2.76 bits per heavy atom. The second-order valence-corrected chi connectivity index (χ2v) is 4.86. The van der Waals surface area contributed by atoms with Crippen LogP contribution in [0.1, 0.15) is 5.56 Å². The lowest BCUT2D eigenvalue weighted by Gasteiger charge is -2.11. The number of aliphatic hydroxyl groups excluding tert-OH is 1. The lowest BCUT2D eigenvalue weighted by Crippen LogP contribution is -2.19. The zero-order valence-electron chi connectivity index (χ0n) is 10.4. The molecule has 0 saturated heterocycles. The Hall–Kier alpha value is -0.550. The predicted molar refractivity (Wildman–Crippen MR) is 70.6 cm³/mol. The number of hydrogen-bond acceptors (Lipinski definition) is 4. The van der Waals surface area contributed by atoms with E-state index in [0.29, 0.717) is 25.6 Å². The fourth-order valence-corrected chi connectivity index (χ4v) is 2.25. The molecular formula is C13H20O3S. The van der Waals surface area contributed by atoms with Crippen LogP contribution in [0.15, 0.2) is 29.2 Å². The van der Waals surface area contributed by atoms with Crippen molar-refractivity contribution in [1.29, 1.82) is 0 Å². The van der Waals surface area contributed by atoms with Gasteiger partial charge in [0.2, 0.25) is 0 Å². The summed E-state index contributed by atoms with van der Waals surface area (Å²) in [4.78, 5) is 1.21. The summed E-state index contributed by atoms with van der Waals surface area (Å²) in [6.45, 7) is 3.53. The highest BCUT2D eigenvalue weighted by Crippen LogP contribution is 2.22. The molecule has 0 aliphatic carbocycles. The van der Waals surface area contributed by atoms with E-state index in [-0.39, 0.29) is 0 Å². The Balaban J connectivity index is 2.19. The lowest BCUT2D eigenvalue weighted by molar-refractivity contribution is 0.0218. The Morgan fingerprint density at radius 2 is 2.06 bits per heavy atom. The number of methoxy groups -OCH3 is 1. The SMILES string of the molecule is COCCOCC(O)CSc1ccccc1C. The van der Waals surface area contributed by atoms with Gasteiger partial charge >= 0.3 is 0 Å². The maximum Gasteiger partial charge on any atom is 0.0867 e. The summed E-state index contributed by atoms with van der Waals surface area (Å²) >= 11 is 1.66. The summed E-state index contributed by atoms with van der Waals surface area (Å²) < 4.78 is 10.1. The molecule has 0 amide bonds. The van der Waals surface area contributed by atoms with Crippen LogP contribution in [-0.2, 0) is 9.47 Å². The third-order valence-electron chi connectivity index (χ3n) is 2.27. The molecule has 1 atom stereocenters. The minimum Gasteiger partial charge on any atom is -0.390 e. The van der Waals surface area contributed by atoms with Crippen molar-refractivity contribution in [2.45, 2.75) is 17.9 Å². The maximum atomic E-state index is 9.71. The van der Waals surface area contributed by atoms with Gasteiger partial charge in [0.15, 0.2) is 0 Å². The second-order valence-electron chi connectivity index (χ2n) is 3.80. The first-order valence-electron chi connectivity index (χ1n) is 5.67. The van der Waals surface area contributed by atoms with Crippen LogP contribution in [0.4, 0.5) is 0 Å². The van der Waals surface area contributed by atoms with E-state index in [4.69, 9.17) is 9.47 Å². The van der Waals surface area contributed by atoms with E-state index in [0.717, 1.165) is 0 Å². The third kappa shape index (κ3) is 6.07. The molecule has 1 rings (SSSR count). The van der Waals surface area contributed by atoms with Crippen molar-refractivity contribution in [3.8, 4) is 0 Å². The molecule has 0 radical (unpaired) electrons. The number of thioether (sulfide) groups is 1. The molecule has 0 saturated carbocycles. The molecule has 1 aromatic rings. The summed E-state index contributed by atoms with van der Waals surface area (Å²) in [7, 11) is 1.63. The van der Waals surface area contributed by atoms with Gasteiger partial charge in [-0.2, -0.15) is 0 Å². The maximum absolute atomic E-state index is 9.71. The summed E-state index contributed by atoms with van der Waals surface area (Å²) in [6.07, 6.45) is -0.434. The average molecular weight is 256 g/mol.